The van der Waals surface area contributed by atoms with Crippen molar-refractivity contribution in [3.63, 3.8) is 0 Å². The van der Waals surface area contributed by atoms with Gasteiger partial charge in [-0.15, -0.1) is 0 Å². The SMILES string of the molecule is C[C@H]1COc2c(NC(=O)C(O)c3ccc(C(F)(F)F)cc3)cccc2C(=O)N([C@@H](C)CO)C1. The zero-order valence-corrected chi connectivity index (χ0v) is 18.1. The molecule has 178 valence electrons. The van der Waals surface area contributed by atoms with E-state index >= 15 is 0 Å². The van der Waals surface area contributed by atoms with Gasteiger partial charge in [-0.25, -0.2) is 0 Å². The van der Waals surface area contributed by atoms with Crippen LogP contribution in [0.5, 0.6) is 5.75 Å². The quantitative estimate of drug-likeness (QED) is 0.629. The van der Waals surface area contributed by atoms with Gasteiger partial charge < -0.3 is 25.2 Å². The molecule has 3 rings (SSSR count). The number of ether oxygens (including phenoxy) is 1. The van der Waals surface area contributed by atoms with E-state index in [1.807, 2.05) is 6.92 Å². The van der Waals surface area contributed by atoms with Crippen molar-refractivity contribution in [2.24, 2.45) is 5.92 Å². The highest BCUT2D eigenvalue weighted by atomic mass is 19.4. The molecule has 0 saturated heterocycles. The number of nitrogens with zero attached hydrogens (tertiary/aromatic N) is 1. The highest BCUT2D eigenvalue weighted by Crippen LogP contribution is 2.34. The molecule has 2 aromatic rings. The van der Waals surface area contributed by atoms with Crippen molar-refractivity contribution < 1.29 is 37.7 Å². The van der Waals surface area contributed by atoms with E-state index in [4.69, 9.17) is 4.74 Å². The van der Waals surface area contributed by atoms with E-state index in [2.05, 4.69) is 5.32 Å². The molecule has 1 unspecified atom stereocenters. The zero-order chi connectivity index (χ0) is 24.3. The maximum Gasteiger partial charge on any atom is 0.416 e. The average Bonchev–Trinajstić information content (AvgIpc) is 2.78. The first-order valence-corrected chi connectivity index (χ1v) is 10.4. The number of aliphatic hydroxyl groups is 2. The van der Waals surface area contributed by atoms with Gasteiger partial charge in [0.25, 0.3) is 11.8 Å². The number of benzene rings is 2. The molecule has 0 fully saturated rings. The Morgan fingerprint density at radius 2 is 1.91 bits per heavy atom. The molecule has 0 bridgehead atoms. The maximum atomic E-state index is 13.1. The minimum atomic E-state index is -4.53. The fourth-order valence-electron chi connectivity index (χ4n) is 3.50. The summed E-state index contributed by atoms with van der Waals surface area (Å²) < 4.78 is 44.1. The lowest BCUT2D eigenvalue weighted by atomic mass is 10.0. The molecule has 2 aromatic carbocycles. The summed E-state index contributed by atoms with van der Waals surface area (Å²) in [5.74, 6) is -1.21. The van der Waals surface area contributed by atoms with Gasteiger partial charge in [-0.1, -0.05) is 25.1 Å². The van der Waals surface area contributed by atoms with E-state index in [0.717, 1.165) is 24.3 Å². The Labute approximate surface area is 188 Å². The number of fused-ring (bicyclic) bond motifs is 1. The van der Waals surface area contributed by atoms with E-state index < -0.39 is 29.8 Å². The van der Waals surface area contributed by atoms with Crippen LogP contribution >= 0.6 is 0 Å². The molecular weight excluding hydrogens is 441 g/mol. The van der Waals surface area contributed by atoms with E-state index in [-0.39, 0.29) is 47.6 Å². The molecule has 1 aliphatic heterocycles. The molecule has 1 heterocycles. The number of hydrogen-bond acceptors (Lipinski definition) is 5. The highest BCUT2D eigenvalue weighted by molar-refractivity contribution is 6.02. The first-order chi connectivity index (χ1) is 15.5. The summed E-state index contributed by atoms with van der Waals surface area (Å²) in [5.41, 5.74) is -0.592. The first-order valence-electron chi connectivity index (χ1n) is 10.4. The second-order valence-corrected chi connectivity index (χ2v) is 8.10. The molecule has 3 atom stereocenters. The van der Waals surface area contributed by atoms with Crippen LogP contribution in [0.4, 0.5) is 18.9 Å². The van der Waals surface area contributed by atoms with Crippen molar-refractivity contribution in [1.82, 2.24) is 4.90 Å². The van der Waals surface area contributed by atoms with Crippen LogP contribution in [0.15, 0.2) is 42.5 Å². The molecule has 7 nitrogen and oxygen atoms in total. The monoisotopic (exact) mass is 466 g/mol. The van der Waals surface area contributed by atoms with Crippen LogP contribution < -0.4 is 10.1 Å². The van der Waals surface area contributed by atoms with Gasteiger partial charge in [-0.05, 0) is 36.8 Å². The Hall–Kier alpha value is -3.11. The predicted molar refractivity (Wildman–Crippen MR) is 114 cm³/mol. The Morgan fingerprint density at radius 3 is 2.52 bits per heavy atom. The van der Waals surface area contributed by atoms with Crippen molar-refractivity contribution >= 4 is 17.5 Å². The zero-order valence-electron chi connectivity index (χ0n) is 18.1. The van der Waals surface area contributed by atoms with E-state index in [0.29, 0.717) is 6.54 Å². The topological polar surface area (TPSA) is 99.1 Å². The van der Waals surface area contributed by atoms with Crippen molar-refractivity contribution in [2.75, 3.05) is 25.1 Å². The molecule has 1 aliphatic rings. The fourth-order valence-corrected chi connectivity index (χ4v) is 3.50. The van der Waals surface area contributed by atoms with Gasteiger partial charge in [0.15, 0.2) is 11.9 Å². The lowest BCUT2D eigenvalue weighted by Gasteiger charge is -2.33. The third-order valence-corrected chi connectivity index (χ3v) is 5.38. The lowest BCUT2D eigenvalue weighted by Crippen LogP contribution is -2.45. The third-order valence-electron chi connectivity index (χ3n) is 5.38. The largest absolute Gasteiger partial charge is 0.490 e. The third kappa shape index (κ3) is 5.45. The summed E-state index contributed by atoms with van der Waals surface area (Å²) >= 11 is 0. The van der Waals surface area contributed by atoms with Crippen molar-refractivity contribution in [2.45, 2.75) is 32.2 Å². The van der Waals surface area contributed by atoms with Crippen molar-refractivity contribution in [3.8, 4) is 5.75 Å². The number of aliphatic hydroxyl groups excluding tert-OH is 2. The lowest BCUT2D eigenvalue weighted by molar-refractivity contribution is -0.137. The highest BCUT2D eigenvalue weighted by Gasteiger charge is 2.32. The van der Waals surface area contributed by atoms with E-state index in [9.17, 15) is 33.0 Å². The van der Waals surface area contributed by atoms with Gasteiger partial charge in [-0.3, -0.25) is 9.59 Å². The Morgan fingerprint density at radius 1 is 1.24 bits per heavy atom. The predicted octanol–water partition coefficient (Wildman–Crippen LogP) is 3.23. The number of amides is 2. The summed E-state index contributed by atoms with van der Waals surface area (Å²) in [5, 5.41) is 22.4. The fraction of sp³-hybridized carbons (Fsp3) is 0.391. The van der Waals surface area contributed by atoms with Crippen molar-refractivity contribution in [3.05, 3.63) is 59.2 Å². The second kappa shape index (κ2) is 9.80. The van der Waals surface area contributed by atoms with Gasteiger partial charge in [0.1, 0.15) is 0 Å². The smallest absolute Gasteiger partial charge is 0.416 e. The van der Waals surface area contributed by atoms with Gasteiger partial charge >= 0.3 is 6.18 Å². The number of hydrogen-bond donors (Lipinski definition) is 3. The van der Waals surface area contributed by atoms with E-state index in [1.165, 1.54) is 23.1 Å². The second-order valence-electron chi connectivity index (χ2n) is 8.10. The summed E-state index contributed by atoms with van der Waals surface area (Å²) in [6, 6.07) is 7.76. The molecule has 3 N–H and O–H groups in total. The number of carbonyl (C=O) groups is 2. The minimum Gasteiger partial charge on any atom is -0.490 e. The molecule has 0 radical (unpaired) electrons. The Balaban J connectivity index is 1.86. The van der Waals surface area contributed by atoms with Crippen LogP contribution in [0, 0.1) is 5.92 Å². The average molecular weight is 466 g/mol. The first kappa shape index (κ1) is 24.5. The van der Waals surface area contributed by atoms with Gasteiger partial charge in [0, 0.05) is 12.5 Å². The number of halogens is 3. The number of rotatable bonds is 5. The summed E-state index contributed by atoms with van der Waals surface area (Å²) in [4.78, 5) is 27.3. The number of para-hydroxylation sites is 1. The summed E-state index contributed by atoms with van der Waals surface area (Å²) in [6.07, 6.45) is -6.27. The van der Waals surface area contributed by atoms with Crippen LogP contribution in [0.1, 0.15) is 41.4 Å². The van der Waals surface area contributed by atoms with Crippen LogP contribution in [-0.4, -0.2) is 52.7 Å². The molecule has 0 aromatic heterocycles. The molecule has 0 aliphatic carbocycles. The van der Waals surface area contributed by atoms with Crippen molar-refractivity contribution in [1.29, 1.82) is 0 Å². The van der Waals surface area contributed by atoms with Gasteiger partial charge in [0.2, 0.25) is 0 Å². The maximum absolute atomic E-state index is 13.1. The van der Waals surface area contributed by atoms with Crippen LogP contribution in [0.25, 0.3) is 0 Å². The number of anilines is 1. The summed E-state index contributed by atoms with van der Waals surface area (Å²) in [7, 11) is 0. The van der Waals surface area contributed by atoms with Crippen LogP contribution in [-0.2, 0) is 11.0 Å². The standard InChI is InChI=1S/C23H25F3N2O5/c1-13-10-28(14(2)11-29)22(32)17-4-3-5-18(20(17)33-12-13)27-21(31)19(30)15-6-8-16(9-7-15)23(24,25)26/h3-9,13-14,19,29-30H,10-12H2,1-2H3,(H,27,31)/t13-,14+,19?/m1/s1. The molecular formula is C23H25F3N2O5. The molecule has 2 amide bonds. The number of alkyl halides is 3. The van der Waals surface area contributed by atoms with Gasteiger partial charge in [-0.2, -0.15) is 13.2 Å². The number of carbonyl (C=O) groups excluding carboxylic acids is 2. The van der Waals surface area contributed by atoms with Gasteiger partial charge in [0.05, 0.1) is 36.1 Å². The molecule has 33 heavy (non-hydrogen) atoms. The Bertz CT molecular complexity index is 1010. The molecule has 0 spiro atoms. The Kier molecular flexibility index (Phi) is 7.28. The van der Waals surface area contributed by atoms with Crippen LogP contribution in [0.2, 0.25) is 0 Å². The normalized spacial score (nSPS) is 18.5. The minimum absolute atomic E-state index is 0.0205. The number of nitrogens with one attached hydrogen (secondary N) is 1. The van der Waals surface area contributed by atoms with E-state index in [1.54, 1.807) is 6.92 Å². The van der Waals surface area contributed by atoms with Crippen LogP contribution in [0.3, 0.4) is 0 Å². The summed E-state index contributed by atoms with van der Waals surface area (Å²) in [6.45, 7) is 4.00. The molecule has 0 saturated carbocycles. The molecule has 10 heteroatoms.